The summed E-state index contributed by atoms with van der Waals surface area (Å²) in [5.74, 6) is -0.321. The normalized spacial score (nSPS) is 22.2. The van der Waals surface area contributed by atoms with E-state index in [-0.39, 0.29) is 18.4 Å². The van der Waals surface area contributed by atoms with Crippen LogP contribution in [0.15, 0.2) is 29.6 Å². The van der Waals surface area contributed by atoms with Crippen LogP contribution in [0.3, 0.4) is 0 Å². The Balaban J connectivity index is 1.31. The molecule has 1 aromatic heterocycles. The van der Waals surface area contributed by atoms with Gasteiger partial charge in [-0.15, -0.1) is 0 Å². The molecule has 1 saturated heterocycles. The van der Waals surface area contributed by atoms with Crippen molar-refractivity contribution in [2.24, 2.45) is 7.05 Å². The van der Waals surface area contributed by atoms with Crippen molar-refractivity contribution in [1.82, 2.24) is 19.6 Å². The van der Waals surface area contributed by atoms with Gasteiger partial charge in [-0.05, 0) is 17.2 Å². The minimum absolute atomic E-state index is 0.0391. The molecule has 3 aliphatic heterocycles. The van der Waals surface area contributed by atoms with Gasteiger partial charge in [0, 0.05) is 51.1 Å². The van der Waals surface area contributed by atoms with Gasteiger partial charge in [0.15, 0.2) is 0 Å². The molecule has 0 spiro atoms. The summed E-state index contributed by atoms with van der Waals surface area (Å²) in [5.41, 5.74) is 3.02. The van der Waals surface area contributed by atoms with Gasteiger partial charge < -0.3 is 19.3 Å². The van der Waals surface area contributed by atoms with Crippen LogP contribution in [-0.4, -0.2) is 76.4 Å². The molecule has 1 aromatic rings. The first-order valence-corrected chi connectivity index (χ1v) is 8.27. The SMILES string of the molecule is Cn1cc(/C=C/C(=O)N2CC3=C(C2)CN(C(=O)[C@H]2COC(=O)O2)C3)cn1. The van der Waals surface area contributed by atoms with E-state index in [1.165, 1.54) is 6.08 Å². The standard InChI is InChI=1S/C17H18N4O5/c1-19-5-11(4-18-19)2-3-15(22)20-6-12-8-21(9-13(12)7-20)16(23)14-10-25-17(24)26-14/h2-5,14H,6-10H2,1H3/b3-2+/t14-/m1/s1. The molecule has 0 saturated carbocycles. The number of aryl methyl sites for hydroxylation is 1. The lowest BCUT2D eigenvalue weighted by molar-refractivity contribution is -0.137. The largest absolute Gasteiger partial charge is 0.509 e. The van der Waals surface area contributed by atoms with Gasteiger partial charge in [0.1, 0.15) is 6.61 Å². The molecule has 9 nitrogen and oxygen atoms in total. The highest BCUT2D eigenvalue weighted by atomic mass is 16.8. The predicted octanol–water partition coefficient (Wildman–Crippen LogP) is -0.0503. The van der Waals surface area contributed by atoms with E-state index in [4.69, 9.17) is 4.74 Å². The number of amides is 2. The first kappa shape index (κ1) is 16.4. The quantitative estimate of drug-likeness (QED) is 0.427. The fourth-order valence-corrected chi connectivity index (χ4v) is 3.34. The third-order valence-corrected chi connectivity index (χ3v) is 4.66. The van der Waals surface area contributed by atoms with Crippen LogP contribution in [0.25, 0.3) is 6.08 Å². The lowest BCUT2D eigenvalue weighted by atomic mass is 10.2. The van der Waals surface area contributed by atoms with Gasteiger partial charge in [-0.3, -0.25) is 14.3 Å². The Morgan fingerprint density at radius 1 is 1.19 bits per heavy atom. The highest BCUT2D eigenvalue weighted by Gasteiger charge is 2.39. The molecule has 9 heteroatoms. The lowest BCUT2D eigenvalue weighted by Gasteiger charge is -2.23. The summed E-state index contributed by atoms with van der Waals surface area (Å²) in [6.07, 6.45) is 5.13. The molecule has 0 aromatic carbocycles. The first-order chi connectivity index (χ1) is 12.5. The number of carbonyl (C=O) groups excluding carboxylic acids is 3. The third kappa shape index (κ3) is 3.07. The molecule has 26 heavy (non-hydrogen) atoms. The van der Waals surface area contributed by atoms with E-state index in [0.717, 1.165) is 16.7 Å². The van der Waals surface area contributed by atoms with E-state index in [1.807, 2.05) is 13.2 Å². The Hall–Kier alpha value is -3.10. The molecule has 4 rings (SSSR count). The smallest absolute Gasteiger partial charge is 0.430 e. The minimum atomic E-state index is -0.859. The maximum Gasteiger partial charge on any atom is 0.509 e. The van der Waals surface area contributed by atoms with Crippen LogP contribution < -0.4 is 0 Å². The summed E-state index contributed by atoms with van der Waals surface area (Å²) in [7, 11) is 1.82. The molecular formula is C17H18N4O5. The first-order valence-electron chi connectivity index (χ1n) is 8.27. The van der Waals surface area contributed by atoms with Crippen LogP contribution in [0.4, 0.5) is 4.79 Å². The van der Waals surface area contributed by atoms with Gasteiger partial charge in [-0.2, -0.15) is 5.10 Å². The molecule has 1 atom stereocenters. The van der Waals surface area contributed by atoms with Crippen LogP contribution in [0.2, 0.25) is 0 Å². The fourth-order valence-electron chi connectivity index (χ4n) is 3.34. The number of hydrogen-bond acceptors (Lipinski definition) is 6. The summed E-state index contributed by atoms with van der Waals surface area (Å²) in [6.45, 7) is 1.89. The molecular weight excluding hydrogens is 340 g/mol. The van der Waals surface area contributed by atoms with Crippen molar-refractivity contribution in [2.45, 2.75) is 6.10 Å². The number of cyclic esters (lactones) is 2. The monoisotopic (exact) mass is 358 g/mol. The molecule has 0 aliphatic carbocycles. The van der Waals surface area contributed by atoms with Crippen molar-refractivity contribution < 1.29 is 23.9 Å². The van der Waals surface area contributed by atoms with Crippen LogP contribution in [0, 0.1) is 0 Å². The number of carbonyl (C=O) groups is 3. The number of aromatic nitrogens is 2. The van der Waals surface area contributed by atoms with Gasteiger partial charge >= 0.3 is 6.16 Å². The molecule has 4 heterocycles. The molecule has 0 radical (unpaired) electrons. The Labute approximate surface area is 149 Å². The summed E-state index contributed by atoms with van der Waals surface area (Å²) in [6, 6.07) is 0. The van der Waals surface area contributed by atoms with E-state index in [2.05, 4.69) is 9.84 Å². The molecule has 136 valence electrons. The third-order valence-electron chi connectivity index (χ3n) is 4.66. The second kappa shape index (κ2) is 6.32. The van der Waals surface area contributed by atoms with Gasteiger partial charge in [0.05, 0.1) is 6.20 Å². The summed E-state index contributed by atoms with van der Waals surface area (Å²) in [5, 5.41) is 4.06. The fraction of sp³-hybridized carbons (Fsp3) is 0.412. The van der Waals surface area contributed by atoms with Gasteiger partial charge in [-0.1, -0.05) is 0 Å². The molecule has 3 aliphatic rings. The maximum atomic E-state index is 12.3. The zero-order valence-electron chi connectivity index (χ0n) is 14.3. The average Bonchev–Trinajstić information content (AvgIpc) is 3.35. The second-order valence-corrected chi connectivity index (χ2v) is 6.54. The maximum absolute atomic E-state index is 12.3. The zero-order chi connectivity index (χ0) is 18.3. The van der Waals surface area contributed by atoms with E-state index < -0.39 is 12.3 Å². The molecule has 2 amide bonds. The number of rotatable bonds is 3. The Bertz CT molecular complexity index is 822. The van der Waals surface area contributed by atoms with E-state index >= 15 is 0 Å². The Morgan fingerprint density at radius 3 is 2.46 bits per heavy atom. The second-order valence-electron chi connectivity index (χ2n) is 6.54. The van der Waals surface area contributed by atoms with E-state index in [1.54, 1.807) is 26.8 Å². The van der Waals surface area contributed by atoms with Gasteiger partial charge in [-0.25, -0.2) is 4.79 Å². The average molecular weight is 358 g/mol. The topological polar surface area (TPSA) is 94.0 Å². The van der Waals surface area contributed by atoms with E-state index in [9.17, 15) is 14.4 Å². The molecule has 0 unspecified atom stereocenters. The molecule has 0 N–H and O–H groups in total. The van der Waals surface area contributed by atoms with Crippen molar-refractivity contribution >= 4 is 24.0 Å². The number of ether oxygens (including phenoxy) is 2. The van der Waals surface area contributed by atoms with Crippen LogP contribution in [0.5, 0.6) is 0 Å². The predicted molar refractivity (Wildman–Crippen MR) is 88.6 cm³/mol. The van der Waals surface area contributed by atoms with Crippen molar-refractivity contribution in [1.29, 1.82) is 0 Å². The number of hydrogen-bond donors (Lipinski definition) is 0. The van der Waals surface area contributed by atoms with Crippen molar-refractivity contribution in [2.75, 3.05) is 32.8 Å². The highest BCUT2D eigenvalue weighted by molar-refractivity contribution is 5.92. The summed E-state index contributed by atoms with van der Waals surface area (Å²) < 4.78 is 11.2. The minimum Gasteiger partial charge on any atom is -0.430 e. The van der Waals surface area contributed by atoms with Crippen LogP contribution >= 0.6 is 0 Å². The molecule has 1 fully saturated rings. The Morgan fingerprint density at radius 2 is 1.88 bits per heavy atom. The highest BCUT2D eigenvalue weighted by Crippen LogP contribution is 2.27. The van der Waals surface area contributed by atoms with Crippen molar-refractivity contribution in [3.63, 3.8) is 0 Å². The van der Waals surface area contributed by atoms with Gasteiger partial charge in [0.2, 0.25) is 12.0 Å². The molecule has 0 bridgehead atoms. The lowest BCUT2D eigenvalue weighted by Crippen LogP contribution is -2.41. The number of nitrogens with zero attached hydrogens (tertiary/aromatic N) is 4. The van der Waals surface area contributed by atoms with Crippen LogP contribution in [0.1, 0.15) is 5.56 Å². The van der Waals surface area contributed by atoms with Crippen molar-refractivity contribution in [3.8, 4) is 0 Å². The summed E-state index contributed by atoms with van der Waals surface area (Å²) in [4.78, 5) is 39.1. The van der Waals surface area contributed by atoms with Gasteiger partial charge in [0.25, 0.3) is 5.91 Å². The summed E-state index contributed by atoms with van der Waals surface area (Å²) >= 11 is 0. The van der Waals surface area contributed by atoms with Crippen LogP contribution in [-0.2, 0) is 26.1 Å². The Kier molecular flexibility index (Phi) is 3.98. The van der Waals surface area contributed by atoms with E-state index in [0.29, 0.717) is 26.2 Å². The van der Waals surface area contributed by atoms with Crippen molar-refractivity contribution in [3.05, 3.63) is 35.2 Å². The zero-order valence-corrected chi connectivity index (χ0v) is 14.3.